The van der Waals surface area contributed by atoms with Gasteiger partial charge in [-0.25, -0.2) is 0 Å². The maximum absolute atomic E-state index is 6.51. The number of nitrogens with zero attached hydrogens (tertiary/aromatic N) is 1. The SMILES string of the molecule is CCCN1CCCCC(CNC)C1c1cc(Cl)ccc1Cl. The van der Waals surface area contributed by atoms with Gasteiger partial charge in [0.15, 0.2) is 0 Å². The molecule has 0 radical (unpaired) electrons. The lowest BCUT2D eigenvalue weighted by Crippen LogP contribution is -2.37. The van der Waals surface area contributed by atoms with Crippen LogP contribution in [0.1, 0.15) is 44.2 Å². The third kappa shape index (κ3) is 4.35. The van der Waals surface area contributed by atoms with Crippen molar-refractivity contribution < 1.29 is 0 Å². The summed E-state index contributed by atoms with van der Waals surface area (Å²) in [6, 6.07) is 6.24. The van der Waals surface area contributed by atoms with Crippen molar-refractivity contribution >= 4 is 23.2 Å². The number of nitrogens with one attached hydrogen (secondary N) is 1. The fourth-order valence-corrected chi connectivity index (χ4v) is 3.93. The quantitative estimate of drug-likeness (QED) is 0.837. The summed E-state index contributed by atoms with van der Waals surface area (Å²) in [6.07, 6.45) is 4.98. The molecule has 0 aliphatic carbocycles. The van der Waals surface area contributed by atoms with Gasteiger partial charge in [0, 0.05) is 16.1 Å². The summed E-state index contributed by atoms with van der Waals surface area (Å²) in [6.45, 7) is 5.54. The predicted octanol–water partition coefficient (Wildman–Crippen LogP) is 4.77. The summed E-state index contributed by atoms with van der Waals surface area (Å²) in [5.41, 5.74) is 1.19. The molecule has 2 nitrogen and oxygen atoms in total. The van der Waals surface area contributed by atoms with Crippen molar-refractivity contribution in [1.82, 2.24) is 10.2 Å². The Kier molecular flexibility index (Phi) is 6.81. The molecule has 21 heavy (non-hydrogen) atoms. The Hall–Kier alpha value is -0.280. The van der Waals surface area contributed by atoms with E-state index in [0.717, 1.165) is 29.7 Å². The average Bonchev–Trinajstić information content (AvgIpc) is 2.65. The lowest BCUT2D eigenvalue weighted by molar-refractivity contribution is 0.155. The summed E-state index contributed by atoms with van der Waals surface area (Å²) < 4.78 is 0. The normalized spacial score (nSPS) is 24.0. The van der Waals surface area contributed by atoms with E-state index in [0.29, 0.717) is 12.0 Å². The molecule has 118 valence electrons. The molecule has 0 bridgehead atoms. The molecule has 1 aliphatic rings. The Bertz CT molecular complexity index is 434. The van der Waals surface area contributed by atoms with Gasteiger partial charge in [-0.05, 0) is 75.6 Å². The van der Waals surface area contributed by atoms with Crippen LogP contribution in [0.15, 0.2) is 18.2 Å². The first-order chi connectivity index (χ1) is 10.2. The molecule has 0 spiro atoms. The molecule has 4 heteroatoms. The molecule has 1 aliphatic heterocycles. The third-order valence-electron chi connectivity index (χ3n) is 4.36. The minimum atomic E-state index is 0.367. The third-order valence-corrected chi connectivity index (χ3v) is 4.94. The smallest absolute Gasteiger partial charge is 0.0455 e. The monoisotopic (exact) mass is 328 g/mol. The zero-order chi connectivity index (χ0) is 15.2. The van der Waals surface area contributed by atoms with E-state index in [2.05, 4.69) is 23.2 Å². The highest BCUT2D eigenvalue weighted by Gasteiger charge is 2.31. The van der Waals surface area contributed by atoms with Gasteiger partial charge in [0.2, 0.25) is 0 Å². The Balaban J connectivity index is 2.39. The topological polar surface area (TPSA) is 15.3 Å². The first kappa shape index (κ1) is 17.1. The zero-order valence-electron chi connectivity index (χ0n) is 13.0. The van der Waals surface area contributed by atoms with E-state index in [4.69, 9.17) is 23.2 Å². The Morgan fingerprint density at radius 1 is 1.29 bits per heavy atom. The Morgan fingerprint density at radius 3 is 2.81 bits per heavy atom. The van der Waals surface area contributed by atoms with Crippen molar-refractivity contribution in [1.29, 1.82) is 0 Å². The molecule has 0 amide bonds. The highest BCUT2D eigenvalue weighted by atomic mass is 35.5. The van der Waals surface area contributed by atoms with Gasteiger partial charge < -0.3 is 5.32 Å². The number of halogens is 2. The summed E-state index contributed by atoms with van der Waals surface area (Å²) in [5.74, 6) is 0.583. The van der Waals surface area contributed by atoms with Gasteiger partial charge in [-0.1, -0.05) is 36.5 Å². The average molecular weight is 329 g/mol. The van der Waals surface area contributed by atoms with Gasteiger partial charge in [-0.15, -0.1) is 0 Å². The van der Waals surface area contributed by atoms with E-state index >= 15 is 0 Å². The van der Waals surface area contributed by atoms with Crippen LogP contribution in [-0.4, -0.2) is 31.6 Å². The van der Waals surface area contributed by atoms with Gasteiger partial charge in [-0.2, -0.15) is 0 Å². The summed E-state index contributed by atoms with van der Waals surface area (Å²) in [5, 5.41) is 4.98. The Labute approximate surface area is 138 Å². The standard InChI is InChI=1S/C17H26Cl2N2/c1-3-9-21-10-5-4-6-13(12-20-2)17(21)15-11-14(18)7-8-16(15)19/h7-8,11,13,17,20H,3-6,9-10,12H2,1-2H3. The van der Waals surface area contributed by atoms with Gasteiger partial charge in [0.25, 0.3) is 0 Å². The molecule has 0 saturated carbocycles. The van der Waals surface area contributed by atoms with Crippen LogP contribution in [0, 0.1) is 5.92 Å². The molecule has 1 aromatic rings. The molecule has 1 fully saturated rings. The second kappa shape index (κ2) is 8.38. The number of rotatable bonds is 5. The lowest BCUT2D eigenvalue weighted by atomic mass is 9.89. The first-order valence-electron chi connectivity index (χ1n) is 8.01. The molecule has 2 rings (SSSR count). The number of hydrogen-bond donors (Lipinski definition) is 1. The molecule has 2 unspecified atom stereocenters. The van der Waals surface area contributed by atoms with Crippen LogP contribution in [-0.2, 0) is 0 Å². The van der Waals surface area contributed by atoms with Crippen LogP contribution >= 0.6 is 23.2 Å². The largest absolute Gasteiger partial charge is 0.319 e. The second-order valence-electron chi connectivity index (χ2n) is 5.96. The van der Waals surface area contributed by atoms with E-state index in [1.54, 1.807) is 0 Å². The first-order valence-corrected chi connectivity index (χ1v) is 8.76. The fraction of sp³-hybridized carbons (Fsp3) is 0.647. The molecular formula is C17H26Cl2N2. The van der Waals surface area contributed by atoms with Crippen molar-refractivity contribution in [3.63, 3.8) is 0 Å². The molecule has 1 N–H and O–H groups in total. The van der Waals surface area contributed by atoms with Gasteiger partial charge in [0.05, 0.1) is 0 Å². The van der Waals surface area contributed by atoms with E-state index in [-0.39, 0.29) is 0 Å². The zero-order valence-corrected chi connectivity index (χ0v) is 14.6. The van der Waals surface area contributed by atoms with E-state index in [1.807, 2.05) is 19.2 Å². The molecule has 1 aromatic carbocycles. The van der Waals surface area contributed by atoms with Crippen molar-refractivity contribution in [2.75, 3.05) is 26.7 Å². The summed E-state index contributed by atoms with van der Waals surface area (Å²) in [7, 11) is 2.03. The highest BCUT2D eigenvalue weighted by Crippen LogP contribution is 2.39. The molecule has 1 heterocycles. The lowest BCUT2D eigenvalue weighted by Gasteiger charge is -2.36. The van der Waals surface area contributed by atoms with Crippen molar-refractivity contribution in [2.24, 2.45) is 5.92 Å². The van der Waals surface area contributed by atoms with Gasteiger partial charge in [-0.3, -0.25) is 4.90 Å². The van der Waals surface area contributed by atoms with Gasteiger partial charge >= 0.3 is 0 Å². The molecular weight excluding hydrogens is 303 g/mol. The summed E-state index contributed by atoms with van der Waals surface area (Å²) >= 11 is 12.7. The van der Waals surface area contributed by atoms with Crippen molar-refractivity contribution in [2.45, 2.75) is 38.6 Å². The number of likely N-dealkylation sites (tertiary alicyclic amines) is 1. The predicted molar refractivity (Wildman–Crippen MR) is 92.3 cm³/mol. The van der Waals surface area contributed by atoms with Crippen LogP contribution in [0.5, 0.6) is 0 Å². The molecule has 0 aromatic heterocycles. The Morgan fingerprint density at radius 2 is 2.10 bits per heavy atom. The minimum absolute atomic E-state index is 0.367. The summed E-state index contributed by atoms with van der Waals surface area (Å²) in [4.78, 5) is 2.60. The van der Waals surface area contributed by atoms with Crippen molar-refractivity contribution in [3.8, 4) is 0 Å². The molecule has 1 saturated heterocycles. The van der Waals surface area contributed by atoms with Crippen LogP contribution in [0.3, 0.4) is 0 Å². The minimum Gasteiger partial charge on any atom is -0.319 e. The van der Waals surface area contributed by atoms with Crippen LogP contribution in [0.25, 0.3) is 0 Å². The molecule has 2 atom stereocenters. The van der Waals surface area contributed by atoms with Crippen LogP contribution < -0.4 is 5.32 Å². The van der Waals surface area contributed by atoms with E-state index in [9.17, 15) is 0 Å². The maximum Gasteiger partial charge on any atom is 0.0455 e. The van der Waals surface area contributed by atoms with Crippen molar-refractivity contribution in [3.05, 3.63) is 33.8 Å². The van der Waals surface area contributed by atoms with Crippen LogP contribution in [0.2, 0.25) is 10.0 Å². The van der Waals surface area contributed by atoms with Crippen LogP contribution in [0.4, 0.5) is 0 Å². The van der Waals surface area contributed by atoms with E-state index in [1.165, 1.54) is 31.2 Å². The number of hydrogen-bond acceptors (Lipinski definition) is 2. The number of benzene rings is 1. The maximum atomic E-state index is 6.51. The second-order valence-corrected chi connectivity index (χ2v) is 6.80. The highest BCUT2D eigenvalue weighted by molar-refractivity contribution is 6.33. The van der Waals surface area contributed by atoms with Gasteiger partial charge in [0.1, 0.15) is 0 Å². The van der Waals surface area contributed by atoms with E-state index < -0.39 is 0 Å². The fourth-order valence-electron chi connectivity index (χ4n) is 3.52.